The van der Waals surface area contributed by atoms with Crippen molar-refractivity contribution in [1.82, 2.24) is 40.1 Å². The summed E-state index contributed by atoms with van der Waals surface area (Å²) in [5, 5.41) is 31.4. The van der Waals surface area contributed by atoms with Crippen LogP contribution in [0, 0.1) is 11.3 Å². The molecule has 5 rings (SSSR count). The molecule has 4 aromatic rings. The molecule has 1 fully saturated rings. The number of anilines is 2. The first-order chi connectivity index (χ1) is 22.0. The Kier molecular flexibility index (Phi) is 10.5. The molecular formula is C29H31F3N10O4. The monoisotopic (exact) mass is 640 g/mol. The highest BCUT2D eigenvalue weighted by atomic mass is 19.4. The van der Waals surface area contributed by atoms with E-state index in [9.17, 15) is 22.8 Å². The van der Waals surface area contributed by atoms with Gasteiger partial charge in [-0.25, -0.2) is 9.97 Å². The van der Waals surface area contributed by atoms with Crippen LogP contribution < -0.4 is 21.3 Å². The third-order valence-corrected chi connectivity index (χ3v) is 7.11. The Morgan fingerprint density at radius 2 is 2.07 bits per heavy atom. The standard InChI is InChI=1S/C28H29F3N10O2.CH2O2/c1-3-17-12-18(4-5-20(17)27(43)36-16(2)26(42)38-19-6-8-33-13-19)37-24-25-35-14-22(41(25)11-9-34-24)21-15-40(10-7-32)39-23(21)28(29,30)31;2-1-3/h4-5,9,11-12,14-16,19,33H,3,6,8,10,13H2,1-2H3,(H,34,37)(H,36,43)(H,38,42);1H,(H,2,3)/t16?,19-;/m1./s1. The van der Waals surface area contributed by atoms with Gasteiger partial charge < -0.3 is 26.4 Å². The highest BCUT2D eigenvalue weighted by molar-refractivity contribution is 5.99. The number of amides is 2. The number of nitriles is 1. The van der Waals surface area contributed by atoms with E-state index in [1.165, 1.54) is 23.0 Å². The topological polar surface area (TPSA) is 191 Å². The smallest absolute Gasteiger partial charge is 0.435 e. The minimum Gasteiger partial charge on any atom is -0.483 e. The van der Waals surface area contributed by atoms with Crippen molar-refractivity contribution in [3.8, 4) is 17.3 Å². The van der Waals surface area contributed by atoms with Crippen LogP contribution in [0.3, 0.4) is 0 Å². The number of imidazole rings is 1. The van der Waals surface area contributed by atoms with Crippen LogP contribution in [-0.4, -0.2) is 72.7 Å². The zero-order valence-electron chi connectivity index (χ0n) is 24.8. The van der Waals surface area contributed by atoms with Crippen LogP contribution in [0.4, 0.5) is 24.7 Å². The molecule has 0 spiro atoms. The van der Waals surface area contributed by atoms with E-state index in [0.717, 1.165) is 23.8 Å². The number of hydrogen-bond donors (Lipinski definition) is 5. The molecule has 2 amide bonds. The van der Waals surface area contributed by atoms with Crippen molar-refractivity contribution in [2.45, 2.75) is 51.5 Å². The summed E-state index contributed by atoms with van der Waals surface area (Å²) in [6.07, 6.45) is 1.97. The predicted octanol–water partition coefficient (Wildman–Crippen LogP) is 2.74. The van der Waals surface area contributed by atoms with E-state index >= 15 is 0 Å². The summed E-state index contributed by atoms with van der Waals surface area (Å²) >= 11 is 0. The van der Waals surface area contributed by atoms with E-state index in [0.29, 0.717) is 29.8 Å². The largest absolute Gasteiger partial charge is 0.483 e. The number of benzene rings is 1. The van der Waals surface area contributed by atoms with Gasteiger partial charge in [0.2, 0.25) is 5.91 Å². The lowest BCUT2D eigenvalue weighted by molar-refractivity contribution is -0.141. The molecule has 1 aliphatic rings. The first-order valence-electron chi connectivity index (χ1n) is 14.1. The number of aromatic nitrogens is 5. The second-order valence-corrected chi connectivity index (χ2v) is 10.2. The van der Waals surface area contributed by atoms with Crippen molar-refractivity contribution in [2.75, 3.05) is 18.4 Å². The van der Waals surface area contributed by atoms with Crippen LogP contribution in [0.5, 0.6) is 0 Å². The average Bonchev–Trinajstić information content (AvgIpc) is 3.78. The van der Waals surface area contributed by atoms with E-state index in [4.69, 9.17) is 15.2 Å². The van der Waals surface area contributed by atoms with Crippen LogP contribution >= 0.6 is 0 Å². The molecule has 17 heteroatoms. The molecule has 2 atom stereocenters. The van der Waals surface area contributed by atoms with Crippen LogP contribution in [-0.2, 0) is 28.7 Å². The van der Waals surface area contributed by atoms with Gasteiger partial charge in [0, 0.05) is 42.4 Å². The van der Waals surface area contributed by atoms with Crippen molar-refractivity contribution < 1.29 is 32.7 Å². The Hall–Kier alpha value is -5.50. The molecule has 0 saturated carbocycles. The highest BCUT2D eigenvalue weighted by Gasteiger charge is 2.38. The number of carboxylic acid groups (broad SMARTS) is 1. The van der Waals surface area contributed by atoms with Crippen LogP contribution in [0.1, 0.15) is 41.9 Å². The number of nitrogens with one attached hydrogen (secondary N) is 4. The Balaban J connectivity index is 0.00000154. The van der Waals surface area contributed by atoms with Gasteiger partial charge in [-0.15, -0.1) is 0 Å². The lowest BCUT2D eigenvalue weighted by atomic mass is 10.0. The molecule has 0 radical (unpaired) electrons. The van der Waals surface area contributed by atoms with Crippen molar-refractivity contribution in [3.05, 3.63) is 59.8 Å². The van der Waals surface area contributed by atoms with E-state index in [2.05, 4.69) is 36.3 Å². The van der Waals surface area contributed by atoms with Crippen molar-refractivity contribution in [2.24, 2.45) is 0 Å². The van der Waals surface area contributed by atoms with Gasteiger partial charge in [-0.3, -0.25) is 23.5 Å². The van der Waals surface area contributed by atoms with E-state index in [1.807, 2.05) is 6.92 Å². The predicted molar refractivity (Wildman–Crippen MR) is 159 cm³/mol. The number of nitrogens with zero attached hydrogens (tertiary/aromatic N) is 6. The highest BCUT2D eigenvalue weighted by Crippen LogP contribution is 2.37. The molecule has 1 aromatic carbocycles. The summed E-state index contributed by atoms with van der Waals surface area (Å²) in [6, 6.07) is 6.19. The number of carbonyl (C=O) groups excluding carboxylic acids is 2. The molecule has 14 nitrogen and oxygen atoms in total. The molecule has 1 unspecified atom stereocenters. The zero-order valence-corrected chi connectivity index (χ0v) is 24.8. The van der Waals surface area contributed by atoms with Crippen LogP contribution in [0.15, 0.2) is 43.0 Å². The summed E-state index contributed by atoms with van der Waals surface area (Å²) in [7, 11) is 0. The Morgan fingerprint density at radius 3 is 2.72 bits per heavy atom. The molecule has 5 N–H and O–H groups in total. The summed E-state index contributed by atoms with van der Waals surface area (Å²) in [6.45, 7) is 4.47. The second kappa shape index (κ2) is 14.5. The number of rotatable bonds is 9. The minimum atomic E-state index is -4.74. The summed E-state index contributed by atoms with van der Waals surface area (Å²) in [4.78, 5) is 42.6. The lowest BCUT2D eigenvalue weighted by Crippen LogP contribution is -2.48. The number of hydrogen-bond acceptors (Lipinski definition) is 9. The molecule has 3 aromatic heterocycles. The van der Waals surface area contributed by atoms with E-state index in [1.54, 1.807) is 31.2 Å². The van der Waals surface area contributed by atoms with Crippen molar-refractivity contribution in [1.29, 1.82) is 5.26 Å². The van der Waals surface area contributed by atoms with Crippen LogP contribution in [0.2, 0.25) is 0 Å². The van der Waals surface area contributed by atoms with Gasteiger partial charge >= 0.3 is 6.18 Å². The minimum absolute atomic E-state index is 0.0422. The first-order valence-corrected chi connectivity index (χ1v) is 14.1. The molecule has 242 valence electrons. The first kappa shape index (κ1) is 33.4. The van der Waals surface area contributed by atoms with E-state index < -0.39 is 17.9 Å². The van der Waals surface area contributed by atoms with Gasteiger partial charge in [0.05, 0.1) is 23.5 Å². The summed E-state index contributed by atoms with van der Waals surface area (Å²) < 4.78 is 43.6. The van der Waals surface area contributed by atoms with Gasteiger partial charge in [-0.1, -0.05) is 6.92 Å². The molecule has 46 heavy (non-hydrogen) atoms. The summed E-state index contributed by atoms with van der Waals surface area (Å²) in [5.74, 6) is -0.361. The zero-order chi connectivity index (χ0) is 33.4. The third-order valence-electron chi connectivity index (χ3n) is 7.11. The normalized spacial score (nSPS) is 14.9. The average molecular weight is 641 g/mol. The molecule has 0 bridgehead atoms. The number of aryl methyl sites for hydroxylation is 1. The maximum absolute atomic E-state index is 13.7. The fourth-order valence-electron chi connectivity index (χ4n) is 4.94. The molecule has 4 heterocycles. The maximum atomic E-state index is 13.7. The second-order valence-electron chi connectivity index (χ2n) is 10.2. The summed E-state index contributed by atoms with van der Waals surface area (Å²) in [5.41, 5.74) is 0.746. The number of carbonyl (C=O) groups is 3. The quantitative estimate of drug-likeness (QED) is 0.170. The fourth-order valence-corrected chi connectivity index (χ4v) is 4.94. The fraction of sp³-hybridized carbons (Fsp3) is 0.345. The SMILES string of the molecule is CCc1cc(Nc2nccn3c(-c4cn(CC#N)nc4C(F)(F)F)cnc23)ccc1C(=O)NC(C)C(=O)N[C@@H]1CCNC1.O=CO. The Labute approximate surface area is 260 Å². The van der Waals surface area contributed by atoms with Crippen molar-refractivity contribution >= 4 is 35.4 Å². The Morgan fingerprint density at radius 1 is 1.30 bits per heavy atom. The molecule has 1 saturated heterocycles. The van der Waals surface area contributed by atoms with E-state index in [-0.39, 0.29) is 53.6 Å². The van der Waals surface area contributed by atoms with Crippen molar-refractivity contribution in [3.63, 3.8) is 0 Å². The van der Waals surface area contributed by atoms with Gasteiger partial charge in [0.1, 0.15) is 12.6 Å². The lowest BCUT2D eigenvalue weighted by Gasteiger charge is -2.18. The van der Waals surface area contributed by atoms with Gasteiger partial charge in [0.15, 0.2) is 17.2 Å². The molecule has 1 aliphatic heterocycles. The number of alkyl halides is 3. The molecular weight excluding hydrogens is 609 g/mol. The maximum Gasteiger partial charge on any atom is 0.435 e. The van der Waals surface area contributed by atoms with Gasteiger partial charge in [0.25, 0.3) is 12.4 Å². The van der Waals surface area contributed by atoms with Gasteiger partial charge in [-0.2, -0.15) is 23.5 Å². The number of fused-ring (bicyclic) bond motifs is 1. The molecule has 0 aliphatic carbocycles. The Bertz CT molecular complexity index is 1760. The number of halogens is 3. The third kappa shape index (κ3) is 7.58. The van der Waals surface area contributed by atoms with Crippen LogP contribution in [0.25, 0.3) is 16.9 Å². The van der Waals surface area contributed by atoms with Gasteiger partial charge in [-0.05, 0) is 50.1 Å².